The molecule has 0 aliphatic heterocycles. The van der Waals surface area contributed by atoms with Crippen molar-refractivity contribution in [3.8, 4) is 0 Å². The number of hydrogen-bond acceptors (Lipinski definition) is 3. The van der Waals surface area contributed by atoms with Gasteiger partial charge in [-0.25, -0.2) is 4.99 Å². The van der Waals surface area contributed by atoms with Gasteiger partial charge in [0.05, 0.1) is 13.1 Å². The third-order valence-corrected chi connectivity index (χ3v) is 5.20. The van der Waals surface area contributed by atoms with E-state index >= 15 is 0 Å². The Bertz CT molecular complexity index is 743. The van der Waals surface area contributed by atoms with Crippen molar-refractivity contribution in [2.24, 2.45) is 4.99 Å². The van der Waals surface area contributed by atoms with Crippen LogP contribution in [0.5, 0.6) is 0 Å². The Balaban J connectivity index is 0.00000392. The van der Waals surface area contributed by atoms with Crippen molar-refractivity contribution in [2.75, 3.05) is 13.1 Å². The number of aryl methyl sites for hydroxylation is 1. The third-order valence-electron chi connectivity index (χ3n) is 4.18. The van der Waals surface area contributed by atoms with E-state index in [1.54, 1.807) is 11.3 Å². The first kappa shape index (κ1) is 24.4. The Morgan fingerprint density at radius 1 is 1.07 bits per heavy atom. The predicted octanol–water partition coefficient (Wildman–Crippen LogP) is 4.46. The lowest BCUT2D eigenvalue weighted by Crippen LogP contribution is -2.36. The number of nitrogens with zero attached hydrogens (tertiary/aromatic N) is 1. The van der Waals surface area contributed by atoms with Gasteiger partial charge >= 0.3 is 0 Å². The molecule has 28 heavy (non-hydrogen) atoms. The van der Waals surface area contributed by atoms with E-state index in [0.717, 1.165) is 44.0 Å². The lowest BCUT2D eigenvalue weighted by atomic mass is 10.1. The lowest BCUT2D eigenvalue weighted by molar-refractivity contribution is 0.0953. The number of carbonyl (C=O) groups is 1. The van der Waals surface area contributed by atoms with Gasteiger partial charge in [0.1, 0.15) is 0 Å². The van der Waals surface area contributed by atoms with Crippen molar-refractivity contribution in [3.05, 3.63) is 57.3 Å². The van der Waals surface area contributed by atoms with Gasteiger partial charge in [0, 0.05) is 23.5 Å². The fourth-order valence-electron chi connectivity index (χ4n) is 2.50. The van der Waals surface area contributed by atoms with Crippen molar-refractivity contribution >= 4 is 47.2 Å². The summed E-state index contributed by atoms with van der Waals surface area (Å²) in [5.41, 5.74) is 3.07. The summed E-state index contributed by atoms with van der Waals surface area (Å²) in [7, 11) is 0. The van der Waals surface area contributed by atoms with E-state index in [4.69, 9.17) is 0 Å². The van der Waals surface area contributed by atoms with Crippen LogP contribution in [-0.4, -0.2) is 25.0 Å². The summed E-state index contributed by atoms with van der Waals surface area (Å²) in [6.45, 7) is 9.16. The Morgan fingerprint density at radius 2 is 1.82 bits per heavy atom. The fraction of sp³-hybridized carbons (Fsp3) is 0.429. The molecule has 0 saturated carbocycles. The highest BCUT2D eigenvalue weighted by atomic mass is 127. The van der Waals surface area contributed by atoms with Crippen molar-refractivity contribution in [1.29, 1.82) is 0 Å². The van der Waals surface area contributed by atoms with E-state index < -0.39 is 0 Å². The number of thiophene rings is 1. The molecule has 0 fully saturated rings. The van der Waals surface area contributed by atoms with Crippen molar-refractivity contribution in [3.63, 3.8) is 0 Å². The molecule has 154 valence electrons. The zero-order valence-corrected chi connectivity index (χ0v) is 20.0. The minimum Gasteiger partial charge on any atom is -0.357 e. The monoisotopic (exact) mass is 514 g/mol. The summed E-state index contributed by atoms with van der Waals surface area (Å²) >= 11 is 1.75. The molecule has 0 aliphatic rings. The van der Waals surface area contributed by atoms with Crippen LogP contribution in [0.3, 0.4) is 0 Å². The predicted molar refractivity (Wildman–Crippen MR) is 130 cm³/mol. The third kappa shape index (κ3) is 8.18. The van der Waals surface area contributed by atoms with Crippen LogP contribution in [0.15, 0.2) is 40.7 Å². The molecule has 1 heterocycles. The SMILES string of the molecule is CCCCNC(=O)c1ccc(CN=C(NCC)NCc2sccc2C)cc1.I. The van der Waals surface area contributed by atoms with Crippen LogP contribution < -0.4 is 16.0 Å². The summed E-state index contributed by atoms with van der Waals surface area (Å²) in [5, 5.41) is 11.7. The van der Waals surface area contributed by atoms with Gasteiger partial charge in [-0.05, 0) is 55.0 Å². The van der Waals surface area contributed by atoms with Gasteiger partial charge in [-0.3, -0.25) is 4.79 Å². The van der Waals surface area contributed by atoms with E-state index in [0.29, 0.717) is 12.1 Å². The van der Waals surface area contributed by atoms with Crippen LogP contribution in [0.2, 0.25) is 0 Å². The van der Waals surface area contributed by atoms with Crippen LogP contribution >= 0.6 is 35.3 Å². The van der Waals surface area contributed by atoms with Crippen LogP contribution in [-0.2, 0) is 13.1 Å². The van der Waals surface area contributed by atoms with Crippen molar-refractivity contribution < 1.29 is 4.79 Å². The summed E-state index contributed by atoms with van der Waals surface area (Å²) in [6.07, 6.45) is 2.08. The maximum absolute atomic E-state index is 12.0. The van der Waals surface area contributed by atoms with Crippen LogP contribution in [0.25, 0.3) is 0 Å². The molecule has 7 heteroatoms. The normalized spacial score (nSPS) is 10.9. The summed E-state index contributed by atoms with van der Waals surface area (Å²) < 4.78 is 0. The number of halogens is 1. The Labute approximate surface area is 189 Å². The fourth-order valence-corrected chi connectivity index (χ4v) is 3.35. The van der Waals surface area contributed by atoms with Crippen molar-refractivity contribution in [1.82, 2.24) is 16.0 Å². The molecule has 5 nitrogen and oxygen atoms in total. The van der Waals surface area contributed by atoms with Crippen LogP contribution in [0, 0.1) is 6.92 Å². The quantitative estimate of drug-likeness (QED) is 0.200. The molecule has 0 bridgehead atoms. The molecule has 1 amide bonds. The second-order valence-corrected chi connectivity index (χ2v) is 7.38. The zero-order valence-electron chi connectivity index (χ0n) is 16.9. The van der Waals surface area contributed by atoms with Gasteiger partial charge < -0.3 is 16.0 Å². The maximum Gasteiger partial charge on any atom is 0.251 e. The van der Waals surface area contributed by atoms with Crippen LogP contribution in [0.4, 0.5) is 0 Å². The molecule has 3 N–H and O–H groups in total. The Hall–Kier alpha value is -1.61. The summed E-state index contributed by atoms with van der Waals surface area (Å²) in [4.78, 5) is 18.0. The number of benzene rings is 1. The second kappa shape index (κ2) is 13.5. The number of hydrogen-bond donors (Lipinski definition) is 3. The van der Waals surface area contributed by atoms with E-state index in [9.17, 15) is 4.79 Å². The average Bonchev–Trinajstić information content (AvgIpc) is 3.09. The van der Waals surface area contributed by atoms with Gasteiger partial charge in [0.25, 0.3) is 5.91 Å². The number of rotatable bonds is 9. The molecule has 2 rings (SSSR count). The zero-order chi connectivity index (χ0) is 19.5. The molecule has 0 saturated heterocycles. The lowest BCUT2D eigenvalue weighted by Gasteiger charge is -2.11. The first-order valence-electron chi connectivity index (χ1n) is 9.56. The summed E-state index contributed by atoms with van der Waals surface area (Å²) in [5.74, 6) is 0.784. The maximum atomic E-state index is 12.0. The number of unbranched alkanes of at least 4 members (excludes halogenated alkanes) is 1. The number of nitrogens with one attached hydrogen (secondary N) is 3. The molecule has 0 aliphatic carbocycles. The number of amides is 1. The van der Waals surface area contributed by atoms with E-state index in [2.05, 4.69) is 53.2 Å². The highest BCUT2D eigenvalue weighted by Gasteiger charge is 2.05. The highest BCUT2D eigenvalue weighted by Crippen LogP contribution is 2.14. The Kier molecular flexibility index (Phi) is 11.8. The Morgan fingerprint density at radius 3 is 2.43 bits per heavy atom. The van der Waals surface area contributed by atoms with Gasteiger partial charge in [-0.15, -0.1) is 35.3 Å². The second-order valence-electron chi connectivity index (χ2n) is 6.38. The number of aliphatic imine (C=N–C) groups is 1. The van der Waals surface area contributed by atoms with Gasteiger partial charge in [0.15, 0.2) is 5.96 Å². The molecule has 0 atom stereocenters. The molecule has 2 aromatic rings. The topological polar surface area (TPSA) is 65.5 Å². The molecule has 0 spiro atoms. The smallest absolute Gasteiger partial charge is 0.251 e. The van der Waals surface area contributed by atoms with E-state index in [1.807, 2.05) is 24.3 Å². The van der Waals surface area contributed by atoms with Gasteiger partial charge in [0.2, 0.25) is 0 Å². The molecule has 0 unspecified atom stereocenters. The standard InChI is InChI=1S/C21H30N4OS.HI/c1-4-6-12-23-20(26)18-9-7-17(8-10-18)14-24-21(22-5-2)25-15-19-16(3)11-13-27-19;/h7-11,13H,4-6,12,14-15H2,1-3H3,(H,23,26)(H2,22,24,25);1H. The number of carbonyl (C=O) groups excluding carboxylic acids is 1. The molecular weight excluding hydrogens is 483 g/mol. The van der Waals surface area contributed by atoms with E-state index in [1.165, 1.54) is 10.4 Å². The van der Waals surface area contributed by atoms with Crippen LogP contribution in [0.1, 0.15) is 53.1 Å². The minimum atomic E-state index is -0.0141. The van der Waals surface area contributed by atoms with Gasteiger partial charge in [-0.2, -0.15) is 0 Å². The first-order chi connectivity index (χ1) is 13.1. The molecule has 0 radical (unpaired) electrons. The minimum absolute atomic E-state index is 0. The van der Waals surface area contributed by atoms with E-state index in [-0.39, 0.29) is 29.9 Å². The largest absolute Gasteiger partial charge is 0.357 e. The first-order valence-corrected chi connectivity index (χ1v) is 10.4. The highest BCUT2D eigenvalue weighted by molar-refractivity contribution is 14.0. The average molecular weight is 514 g/mol. The summed E-state index contributed by atoms with van der Waals surface area (Å²) in [6, 6.07) is 9.78. The van der Waals surface area contributed by atoms with Gasteiger partial charge in [-0.1, -0.05) is 25.5 Å². The molecular formula is C21H31IN4OS. The molecule has 1 aromatic heterocycles. The number of guanidine groups is 1. The molecule has 1 aromatic carbocycles. The van der Waals surface area contributed by atoms with Crippen molar-refractivity contribution in [2.45, 2.75) is 46.7 Å².